The van der Waals surface area contributed by atoms with Crippen molar-refractivity contribution in [3.8, 4) is 17.1 Å². The van der Waals surface area contributed by atoms with Crippen LogP contribution in [0.15, 0.2) is 52.9 Å². The number of pyridine rings is 1. The van der Waals surface area contributed by atoms with E-state index in [1.165, 1.54) is 22.5 Å². The number of fused-ring (bicyclic) bond motifs is 2. The fourth-order valence-corrected chi connectivity index (χ4v) is 4.84. The molecular formula is C23H20N4O3S. The van der Waals surface area contributed by atoms with Crippen LogP contribution in [0.25, 0.3) is 22.3 Å². The molecule has 156 valence electrons. The lowest BCUT2D eigenvalue weighted by Gasteiger charge is -2.11. The highest BCUT2D eigenvalue weighted by molar-refractivity contribution is 7.13. The molecule has 0 bridgehead atoms. The molecule has 4 aromatic rings. The number of nitrogens with zero attached hydrogens (tertiary/aromatic N) is 2. The molecule has 8 heteroatoms. The summed E-state index contributed by atoms with van der Waals surface area (Å²) in [4.78, 5) is 37.4. The molecular weight excluding hydrogens is 412 g/mol. The summed E-state index contributed by atoms with van der Waals surface area (Å²) in [6.45, 7) is 2.58. The molecule has 0 radical (unpaired) electrons. The Kier molecular flexibility index (Phi) is 4.99. The first-order chi connectivity index (χ1) is 15.1. The molecule has 0 spiro atoms. The van der Waals surface area contributed by atoms with Crippen LogP contribution in [0.4, 0.5) is 0 Å². The van der Waals surface area contributed by atoms with Gasteiger partial charge in [0.2, 0.25) is 0 Å². The molecule has 3 heterocycles. The van der Waals surface area contributed by atoms with Crippen LogP contribution in [-0.2, 0) is 12.8 Å². The Bertz CT molecular complexity index is 1330. The topological polar surface area (TPSA) is 97.0 Å². The standard InChI is InChI=1S/C23H20N4O3S/c1-2-30-17-4-3-14-9-16(10-15(14)11-17)25-23(29)20-19-18(12-31-20)22(28)27-21(26-19)13-5-7-24-8-6-13/h3-8,11-12,16H,2,9-10H2,1H3,(H,25,29)(H,26,27,28). The number of H-pyrrole nitrogens is 1. The molecule has 1 aliphatic carbocycles. The summed E-state index contributed by atoms with van der Waals surface area (Å²) >= 11 is 1.24. The van der Waals surface area contributed by atoms with E-state index < -0.39 is 0 Å². The second kappa shape index (κ2) is 7.96. The van der Waals surface area contributed by atoms with Crippen molar-refractivity contribution >= 4 is 28.1 Å². The van der Waals surface area contributed by atoms with Gasteiger partial charge in [0.15, 0.2) is 0 Å². The first-order valence-electron chi connectivity index (χ1n) is 10.1. The summed E-state index contributed by atoms with van der Waals surface area (Å²) in [5.41, 5.74) is 3.32. The highest BCUT2D eigenvalue weighted by Crippen LogP contribution is 2.28. The van der Waals surface area contributed by atoms with Gasteiger partial charge in [-0.2, -0.15) is 0 Å². The summed E-state index contributed by atoms with van der Waals surface area (Å²) < 4.78 is 5.58. The maximum absolute atomic E-state index is 13.1. The summed E-state index contributed by atoms with van der Waals surface area (Å²) in [5.74, 6) is 1.07. The van der Waals surface area contributed by atoms with E-state index in [-0.39, 0.29) is 17.5 Å². The number of aromatic amines is 1. The summed E-state index contributed by atoms with van der Waals surface area (Å²) in [6.07, 6.45) is 4.79. The molecule has 1 atom stereocenters. The summed E-state index contributed by atoms with van der Waals surface area (Å²) in [6, 6.07) is 9.61. The van der Waals surface area contributed by atoms with Crippen molar-refractivity contribution in [1.82, 2.24) is 20.3 Å². The van der Waals surface area contributed by atoms with E-state index >= 15 is 0 Å². The molecule has 3 aromatic heterocycles. The van der Waals surface area contributed by atoms with Crippen molar-refractivity contribution in [3.63, 3.8) is 0 Å². The Balaban J connectivity index is 1.40. The molecule has 1 amide bonds. The van der Waals surface area contributed by atoms with Crippen LogP contribution in [0.5, 0.6) is 5.75 Å². The van der Waals surface area contributed by atoms with Gasteiger partial charge in [-0.05, 0) is 55.2 Å². The lowest BCUT2D eigenvalue weighted by Crippen LogP contribution is -2.35. The zero-order valence-electron chi connectivity index (χ0n) is 16.8. The number of hydrogen-bond donors (Lipinski definition) is 2. The van der Waals surface area contributed by atoms with E-state index in [0.717, 1.165) is 24.2 Å². The summed E-state index contributed by atoms with van der Waals surface area (Å²) in [7, 11) is 0. The number of hydrogen-bond acceptors (Lipinski definition) is 6. The van der Waals surface area contributed by atoms with Crippen LogP contribution < -0.4 is 15.6 Å². The predicted molar refractivity (Wildman–Crippen MR) is 120 cm³/mol. The van der Waals surface area contributed by atoms with Crippen LogP contribution >= 0.6 is 11.3 Å². The van der Waals surface area contributed by atoms with E-state index in [4.69, 9.17) is 4.74 Å². The van der Waals surface area contributed by atoms with Crippen LogP contribution in [0.2, 0.25) is 0 Å². The van der Waals surface area contributed by atoms with Gasteiger partial charge in [-0.25, -0.2) is 4.98 Å². The Morgan fingerprint density at radius 3 is 2.84 bits per heavy atom. The third kappa shape index (κ3) is 3.70. The Morgan fingerprint density at radius 1 is 1.23 bits per heavy atom. The minimum absolute atomic E-state index is 0.00167. The van der Waals surface area contributed by atoms with Crippen LogP contribution in [0, 0.1) is 0 Å². The van der Waals surface area contributed by atoms with Gasteiger partial charge in [-0.1, -0.05) is 6.07 Å². The maximum Gasteiger partial charge on any atom is 0.263 e. The molecule has 7 nitrogen and oxygen atoms in total. The average molecular weight is 433 g/mol. The number of nitrogens with one attached hydrogen (secondary N) is 2. The molecule has 0 aliphatic heterocycles. The zero-order chi connectivity index (χ0) is 21.4. The number of amides is 1. The number of carbonyl (C=O) groups excluding carboxylic acids is 1. The van der Waals surface area contributed by atoms with E-state index in [1.54, 1.807) is 29.9 Å². The Labute approximate surface area is 182 Å². The van der Waals surface area contributed by atoms with E-state index in [1.807, 2.05) is 19.1 Å². The van der Waals surface area contributed by atoms with Crippen molar-refractivity contribution in [2.75, 3.05) is 6.61 Å². The quantitative estimate of drug-likeness (QED) is 0.504. The molecule has 5 rings (SSSR count). The van der Waals surface area contributed by atoms with Gasteiger partial charge in [0.05, 0.1) is 12.0 Å². The monoisotopic (exact) mass is 432 g/mol. The Hall–Kier alpha value is -3.52. The minimum Gasteiger partial charge on any atom is -0.494 e. The first-order valence-corrected chi connectivity index (χ1v) is 11.0. The molecule has 1 unspecified atom stereocenters. The van der Waals surface area contributed by atoms with Gasteiger partial charge in [0, 0.05) is 29.4 Å². The van der Waals surface area contributed by atoms with Gasteiger partial charge in [-0.15, -0.1) is 11.3 Å². The first kappa shape index (κ1) is 19.4. The predicted octanol–water partition coefficient (Wildman–Crippen LogP) is 3.34. The minimum atomic E-state index is -0.260. The van der Waals surface area contributed by atoms with Crippen LogP contribution in [0.3, 0.4) is 0 Å². The largest absolute Gasteiger partial charge is 0.494 e. The third-order valence-electron chi connectivity index (χ3n) is 5.38. The molecule has 1 aromatic carbocycles. The maximum atomic E-state index is 13.1. The van der Waals surface area contributed by atoms with E-state index in [9.17, 15) is 9.59 Å². The van der Waals surface area contributed by atoms with Gasteiger partial charge < -0.3 is 15.0 Å². The lowest BCUT2D eigenvalue weighted by atomic mass is 10.1. The normalized spacial score (nSPS) is 15.1. The molecule has 31 heavy (non-hydrogen) atoms. The van der Waals surface area contributed by atoms with Gasteiger partial charge in [-0.3, -0.25) is 14.6 Å². The van der Waals surface area contributed by atoms with Gasteiger partial charge >= 0.3 is 0 Å². The molecule has 0 saturated heterocycles. The highest BCUT2D eigenvalue weighted by atomic mass is 32.1. The number of rotatable bonds is 5. The third-order valence-corrected chi connectivity index (χ3v) is 6.35. The second-order valence-corrected chi connectivity index (χ2v) is 8.30. The highest BCUT2D eigenvalue weighted by Gasteiger charge is 2.26. The fraction of sp³-hybridized carbons (Fsp3) is 0.217. The van der Waals surface area contributed by atoms with E-state index in [0.29, 0.717) is 28.2 Å². The van der Waals surface area contributed by atoms with Gasteiger partial charge in [0.25, 0.3) is 11.5 Å². The van der Waals surface area contributed by atoms with Crippen molar-refractivity contribution in [1.29, 1.82) is 0 Å². The zero-order valence-corrected chi connectivity index (χ0v) is 17.7. The number of thiophene rings is 1. The lowest BCUT2D eigenvalue weighted by molar-refractivity contribution is 0.0944. The second-order valence-electron chi connectivity index (χ2n) is 7.42. The van der Waals surface area contributed by atoms with Crippen LogP contribution in [0.1, 0.15) is 27.7 Å². The van der Waals surface area contributed by atoms with Crippen molar-refractivity contribution < 1.29 is 9.53 Å². The van der Waals surface area contributed by atoms with E-state index in [2.05, 4.69) is 26.3 Å². The number of aromatic nitrogens is 3. The van der Waals surface area contributed by atoms with Crippen LogP contribution in [-0.4, -0.2) is 33.5 Å². The fourth-order valence-electron chi connectivity index (χ4n) is 3.95. The van der Waals surface area contributed by atoms with Crippen molar-refractivity contribution in [3.05, 3.63) is 74.5 Å². The average Bonchev–Trinajstić information content (AvgIpc) is 3.38. The molecule has 0 saturated carbocycles. The van der Waals surface area contributed by atoms with Crippen molar-refractivity contribution in [2.45, 2.75) is 25.8 Å². The SMILES string of the molecule is CCOc1ccc2c(c1)CC(NC(=O)c1scc3c(=O)[nH]c(-c4ccncc4)nc13)C2. The Morgan fingerprint density at radius 2 is 2.03 bits per heavy atom. The molecule has 2 N–H and O–H groups in total. The number of carbonyl (C=O) groups is 1. The number of ether oxygens (including phenoxy) is 1. The molecule has 0 fully saturated rings. The smallest absolute Gasteiger partial charge is 0.263 e. The molecule has 1 aliphatic rings. The van der Waals surface area contributed by atoms with Crippen molar-refractivity contribution in [2.24, 2.45) is 0 Å². The summed E-state index contributed by atoms with van der Waals surface area (Å²) in [5, 5.41) is 5.22. The van der Waals surface area contributed by atoms with Gasteiger partial charge in [0.1, 0.15) is 22.0 Å². The number of benzene rings is 1.